The van der Waals surface area contributed by atoms with E-state index in [1.165, 1.54) is 0 Å². The Labute approximate surface area is 172 Å². The van der Waals surface area contributed by atoms with Gasteiger partial charge in [0.15, 0.2) is 0 Å². The highest BCUT2D eigenvalue weighted by Gasteiger charge is 2.29. The molecule has 6 nitrogen and oxygen atoms in total. The summed E-state index contributed by atoms with van der Waals surface area (Å²) in [4.78, 5) is 29.6. The summed E-state index contributed by atoms with van der Waals surface area (Å²) in [6.07, 6.45) is 2.10. The van der Waals surface area contributed by atoms with Crippen molar-refractivity contribution in [2.45, 2.75) is 25.8 Å². The molecule has 1 fully saturated rings. The number of carbonyl (C=O) groups excluding carboxylic acids is 2. The molecule has 0 spiro atoms. The zero-order valence-electron chi connectivity index (χ0n) is 17.1. The molecule has 0 bridgehead atoms. The minimum absolute atomic E-state index is 0.0634. The number of carbonyl (C=O) groups is 2. The molecule has 0 radical (unpaired) electrons. The van der Waals surface area contributed by atoms with E-state index >= 15 is 0 Å². The van der Waals surface area contributed by atoms with E-state index in [1.807, 2.05) is 78.4 Å². The molecule has 0 aromatic heterocycles. The van der Waals surface area contributed by atoms with Crippen LogP contribution in [-0.4, -0.2) is 54.9 Å². The lowest BCUT2D eigenvalue weighted by Crippen LogP contribution is -2.42. The van der Waals surface area contributed by atoms with Gasteiger partial charge in [0.05, 0.1) is 18.8 Å². The van der Waals surface area contributed by atoms with Crippen molar-refractivity contribution >= 4 is 17.5 Å². The van der Waals surface area contributed by atoms with E-state index in [1.54, 1.807) is 0 Å². The van der Waals surface area contributed by atoms with E-state index in [0.717, 1.165) is 31.5 Å². The van der Waals surface area contributed by atoms with Crippen LogP contribution >= 0.6 is 0 Å². The fourth-order valence-electron chi connectivity index (χ4n) is 3.66. The van der Waals surface area contributed by atoms with Crippen LogP contribution in [0.15, 0.2) is 54.6 Å². The van der Waals surface area contributed by atoms with Gasteiger partial charge in [0.1, 0.15) is 11.8 Å². The number of likely N-dealkylation sites (tertiary alicyclic amines) is 1. The molecule has 0 aliphatic carbocycles. The maximum absolute atomic E-state index is 13.3. The van der Waals surface area contributed by atoms with Gasteiger partial charge in [0.25, 0.3) is 0 Å². The van der Waals surface area contributed by atoms with E-state index in [9.17, 15) is 9.59 Å². The quantitative estimate of drug-likeness (QED) is 0.745. The summed E-state index contributed by atoms with van der Waals surface area (Å²) in [7, 11) is 1.82. The molecule has 6 heteroatoms. The minimum Gasteiger partial charge on any atom is -0.492 e. The first-order chi connectivity index (χ1) is 14.1. The fraction of sp³-hybridized carbons (Fsp3) is 0.391. The number of rotatable bonds is 8. The predicted molar refractivity (Wildman–Crippen MR) is 114 cm³/mol. The second kappa shape index (κ2) is 10.1. The van der Waals surface area contributed by atoms with Crippen LogP contribution in [0, 0.1) is 0 Å². The van der Waals surface area contributed by atoms with Crippen molar-refractivity contribution in [2.75, 3.05) is 38.6 Å². The maximum Gasteiger partial charge on any atom is 0.246 e. The number of ether oxygens (including phenoxy) is 1. The second-order valence-corrected chi connectivity index (χ2v) is 7.23. The molecule has 29 heavy (non-hydrogen) atoms. The second-order valence-electron chi connectivity index (χ2n) is 7.23. The van der Waals surface area contributed by atoms with E-state index in [4.69, 9.17) is 4.74 Å². The Hall–Kier alpha value is -2.86. The monoisotopic (exact) mass is 395 g/mol. The molecule has 0 saturated carbocycles. The third-order valence-corrected chi connectivity index (χ3v) is 5.09. The first kappa shape index (κ1) is 20.9. The van der Waals surface area contributed by atoms with Crippen LogP contribution < -0.4 is 10.1 Å². The Morgan fingerprint density at radius 2 is 1.72 bits per heavy atom. The zero-order valence-corrected chi connectivity index (χ0v) is 17.1. The summed E-state index contributed by atoms with van der Waals surface area (Å²) < 4.78 is 5.63. The number of hydrogen-bond donors (Lipinski definition) is 1. The van der Waals surface area contributed by atoms with Gasteiger partial charge in [-0.2, -0.15) is 0 Å². The first-order valence-corrected chi connectivity index (χ1v) is 10.2. The number of nitrogens with zero attached hydrogens (tertiary/aromatic N) is 2. The molecule has 3 rings (SSSR count). The molecule has 1 atom stereocenters. The van der Waals surface area contributed by atoms with Crippen LogP contribution in [0.25, 0.3) is 0 Å². The van der Waals surface area contributed by atoms with Crippen LogP contribution in [0.2, 0.25) is 0 Å². The Balaban J connectivity index is 1.80. The maximum atomic E-state index is 13.3. The van der Waals surface area contributed by atoms with Crippen molar-refractivity contribution in [1.29, 1.82) is 0 Å². The summed E-state index contributed by atoms with van der Waals surface area (Å²) >= 11 is 0. The Morgan fingerprint density at radius 1 is 1.07 bits per heavy atom. The van der Waals surface area contributed by atoms with Gasteiger partial charge in [-0.05, 0) is 44.5 Å². The average Bonchev–Trinajstić information content (AvgIpc) is 3.26. The SMILES string of the molecule is CCOc1ccccc1NC(=O)C(c1ccccc1)N(C)CC(=O)N1CCCC1. The topological polar surface area (TPSA) is 61.9 Å². The van der Waals surface area contributed by atoms with Gasteiger partial charge >= 0.3 is 0 Å². The standard InChI is InChI=1S/C23H29N3O3/c1-3-29-20-14-8-7-13-19(20)24-23(28)22(18-11-5-4-6-12-18)25(2)17-21(27)26-15-9-10-16-26/h4-8,11-14,22H,3,9-10,15-17H2,1-2H3,(H,24,28). The Morgan fingerprint density at radius 3 is 2.41 bits per heavy atom. The van der Waals surface area contributed by atoms with Gasteiger partial charge < -0.3 is 15.0 Å². The lowest BCUT2D eigenvalue weighted by atomic mass is 10.0. The number of nitrogens with one attached hydrogen (secondary N) is 1. The highest BCUT2D eigenvalue weighted by molar-refractivity contribution is 5.97. The molecule has 2 aromatic rings. The normalized spacial score (nSPS) is 14.7. The smallest absolute Gasteiger partial charge is 0.246 e. The molecule has 1 aliphatic heterocycles. The predicted octanol–water partition coefficient (Wildman–Crippen LogP) is 3.32. The first-order valence-electron chi connectivity index (χ1n) is 10.2. The molecule has 1 heterocycles. The lowest BCUT2D eigenvalue weighted by Gasteiger charge is -2.29. The molecular formula is C23H29N3O3. The van der Waals surface area contributed by atoms with Gasteiger partial charge in [-0.25, -0.2) is 0 Å². The van der Waals surface area contributed by atoms with Gasteiger partial charge in [-0.3, -0.25) is 14.5 Å². The molecule has 1 saturated heterocycles. The number of benzene rings is 2. The van der Waals surface area contributed by atoms with Crippen molar-refractivity contribution in [3.05, 3.63) is 60.2 Å². The Kier molecular flexibility index (Phi) is 7.25. The van der Waals surface area contributed by atoms with Crippen molar-refractivity contribution in [2.24, 2.45) is 0 Å². The van der Waals surface area contributed by atoms with E-state index in [2.05, 4.69) is 5.32 Å². The number of anilines is 1. The summed E-state index contributed by atoms with van der Waals surface area (Å²) in [5, 5.41) is 2.99. The van der Waals surface area contributed by atoms with E-state index in [0.29, 0.717) is 18.0 Å². The molecule has 1 N–H and O–H groups in total. The fourth-order valence-corrected chi connectivity index (χ4v) is 3.66. The minimum atomic E-state index is -0.586. The van der Waals surface area contributed by atoms with Crippen LogP contribution in [0.4, 0.5) is 5.69 Å². The molecule has 1 aliphatic rings. The molecule has 1 unspecified atom stereocenters. The van der Waals surface area contributed by atoms with Crippen molar-refractivity contribution < 1.29 is 14.3 Å². The highest BCUT2D eigenvalue weighted by atomic mass is 16.5. The van der Waals surface area contributed by atoms with Gasteiger partial charge in [-0.15, -0.1) is 0 Å². The average molecular weight is 396 g/mol. The third-order valence-electron chi connectivity index (χ3n) is 5.09. The van der Waals surface area contributed by atoms with Crippen molar-refractivity contribution in [3.63, 3.8) is 0 Å². The van der Waals surface area contributed by atoms with Crippen LogP contribution in [0.1, 0.15) is 31.4 Å². The lowest BCUT2D eigenvalue weighted by molar-refractivity contribution is -0.132. The van der Waals surface area contributed by atoms with Gasteiger partial charge in [-0.1, -0.05) is 42.5 Å². The summed E-state index contributed by atoms with van der Waals surface area (Å²) in [6, 6.07) is 16.3. The molecule has 2 aromatic carbocycles. The van der Waals surface area contributed by atoms with E-state index < -0.39 is 6.04 Å². The highest BCUT2D eigenvalue weighted by Crippen LogP contribution is 2.27. The summed E-state index contributed by atoms with van der Waals surface area (Å²) in [6.45, 7) is 4.22. The van der Waals surface area contributed by atoms with Crippen LogP contribution in [0.5, 0.6) is 5.75 Å². The third kappa shape index (κ3) is 5.35. The number of likely N-dealkylation sites (N-methyl/N-ethyl adjacent to an activating group) is 1. The number of amides is 2. The largest absolute Gasteiger partial charge is 0.492 e. The summed E-state index contributed by atoms with van der Waals surface area (Å²) in [5.41, 5.74) is 1.47. The molecular weight excluding hydrogens is 366 g/mol. The Bertz CT molecular complexity index is 819. The van der Waals surface area contributed by atoms with Gasteiger partial charge in [0.2, 0.25) is 11.8 Å². The molecule has 2 amide bonds. The summed E-state index contributed by atoms with van der Waals surface area (Å²) in [5.74, 6) is 0.500. The van der Waals surface area contributed by atoms with Crippen molar-refractivity contribution in [1.82, 2.24) is 9.80 Å². The molecule has 154 valence electrons. The zero-order chi connectivity index (χ0) is 20.6. The van der Waals surface area contributed by atoms with Crippen LogP contribution in [0.3, 0.4) is 0 Å². The van der Waals surface area contributed by atoms with Crippen molar-refractivity contribution in [3.8, 4) is 5.75 Å². The number of para-hydroxylation sites is 2. The van der Waals surface area contributed by atoms with E-state index in [-0.39, 0.29) is 18.4 Å². The van der Waals surface area contributed by atoms with Gasteiger partial charge in [0, 0.05) is 13.1 Å². The van der Waals surface area contributed by atoms with Crippen LogP contribution in [-0.2, 0) is 9.59 Å². The number of hydrogen-bond acceptors (Lipinski definition) is 4.